The van der Waals surface area contributed by atoms with Crippen LogP contribution in [0.3, 0.4) is 0 Å². The number of aryl methyl sites for hydroxylation is 1. The number of aromatic nitrogens is 2. The van der Waals surface area contributed by atoms with Crippen LogP contribution >= 0.6 is 0 Å². The van der Waals surface area contributed by atoms with Crippen molar-refractivity contribution in [3.63, 3.8) is 0 Å². The molecule has 1 heterocycles. The lowest BCUT2D eigenvalue weighted by molar-refractivity contribution is 0.517. The smallest absolute Gasteiger partial charge is 0.111 e. The van der Waals surface area contributed by atoms with Gasteiger partial charge in [-0.2, -0.15) is 0 Å². The lowest BCUT2D eigenvalue weighted by Crippen LogP contribution is -2.25. The number of hydrogen-bond donors (Lipinski definition) is 1. The Morgan fingerprint density at radius 3 is 2.73 bits per heavy atom. The third kappa shape index (κ3) is 3.67. The van der Waals surface area contributed by atoms with Crippen molar-refractivity contribution >= 4 is 0 Å². The van der Waals surface area contributed by atoms with Gasteiger partial charge >= 0.3 is 0 Å². The Balaban J connectivity index is 2.43. The summed E-state index contributed by atoms with van der Waals surface area (Å²) < 4.78 is 2.22. The van der Waals surface area contributed by atoms with Gasteiger partial charge in [0.1, 0.15) is 5.82 Å². The molecule has 3 nitrogen and oxygen atoms in total. The fourth-order valence-electron chi connectivity index (χ4n) is 1.74. The maximum atomic E-state index is 4.42. The van der Waals surface area contributed by atoms with Crippen LogP contribution < -0.4 is 5.32 Å². The summed E-state index contributed by atoms with van der Waals surface area (Å²) in [5, 5.41) is 3.44. The summed E-state index contributed by atoms with van der Waals surface area (Å²) in [4.78, 5) is 4.42. The summed E-state index contributed by atoms with van der Waals surface area (Å²) in [6.07, 6.45) is 5.10. The van der Waals surface area contributed by atoms with E-state index in [1.54, 1.807) is 0 Å². The molecule has 0 saturated carbocycles. The fraction of sp³-hybridized carbons (Fsp3) is 0.750. The zero-order valence-corrected chi connectivity index (χ0v) is 10.3. The Bertz CT molecular complexity index is 278. The average molecular weight is 209 g/mol. The average Bonchev–Trinajstić information content (AvgIpc) is 2.64. The highest BCUT2D eigenvalue weighted by atomic mass is 15.1. The van der Waals surface area contributed by atoms with Crippen LogP contribution in [0.4, 0.5) is 0 Å². The second-order valence-electron chi connectivity index (χ2n) is 4.37. The SMILES string of the molecule is CCn1ccnc1C(C)CCNC(C)C. The first-order chi connectivity index (χ1) is 7.15. The molecule has 0 aliphatic carbocycles. The van der Waals surface area contributed by atoms with Gasteiger partial charge in [0.05, 0.1) is 0 Å². The van der Waals surface area contributed by atoms with E-state index in [-0.39, 0.29) is 0 Å². The van der Waals surface area contributed by atoms with Crippen LogP contribution in [0.15, 0.2) is 12.4 Å². The molecule has 0 fully saturated rings. The van der Waals surface area contributed by atoms with Crippen molar-refractivity contribution in [1.29, 1.82) is 0 Å². The molecule has 0 aliphatic rings. The van der Waals surface area contributed by atoms with Gasteiger partial charge in [-0.05, 0) is 19.9 Å². The largest absolute Gasteiger partial charge is 0.335 e. The first-order valence-electron chi connectivity index (χ1n) is 5.89. The van der Waals surface area contributed by atoms with Crippen LogP contribution in [0.25, 0.3) is 0 Å². The van der Waals surface area contributed by atoms with Crippen LogP contribution in [0.1, 0.15) is 45.9 Å². The number of nitrogens with zero attached hydrogens (tertiary/aromatic N) is 2. The Morgan fingerprint density at radius 1 is 1.40 bits per heavy atom. The minimum absolute atomic E-state index is 0.534. The molecule has 15 heavy (non-hydrogen) atoms. The minimum atomic E-state index is 0.534. The summed E-state index contributed by atoms with van der Waals surface area (Å²) >= 11 is 0. The maximum absolute atomic E-state index is 4.42. The lowest BCUT2D eigenvalue weighted by atomic mass is 10.1. The summed E-state index contributed by atoms with van der Waals surface area (Å²) in [6.45, 7) is 10.8. The van der Waals surface area contributed by atoms with Crippen molar-refractivity contribution in [3.05, 3.63) is 18.2 Å². The van der Waals surface area contributed by atoms with Gasteiger partial charge in [-0.3, -0.25) is 0 Å². The highest BCUT2D eigenvalue weighted by Gasteiger charge is 2.10. The van der Waals surface area contributed by atoms with E-state index < -0.39 is 0 Å². The van der Waals surface area contributed by atoms with Gasteiger partial charge in [-0.25, -0.2) is 4.98 Å². The van der Waals surface area contributed by atoms with Crippen molar-refractivity contribution in [2.75, 3.05) is 6.54 Å². The first-order valence-corrected chi connectivity index (χ1v) is 5.89. The van der Waals surface area contributed by atoms with Gasteiger partial charge in [0, 0.05) is 30.9 Å². The van der Waals surface area contributed by atoms with Crippen LogP contribution in [-0.4, -0.2) is 22.1 Å². The monoisotopic (exact) mass is 209 g/mol. The Kier molecular flexibility index (Phi) is 4.82. The van der Waals surface area contributed by atoms with Crippen molar-refractivity contribution < 1.29 is 0 Å². The third-order valence-corrected chi connectivity index (χ3v) is 2.66. The van der Waals surface area contributed by atoms with E-state index in [0.29, 0.717) is 12.0 Å². The number of imidazole rings is 1. The molecule has 0 spiro atoms. The minimum Gasteiger partial charge on any atom is -0.335 e. The molecule has 0 amide bonds. The topological polar surface area (TPSA) is 29.9 Å². The number of nitrogens with one attached hydrogen (secondary N) is 1. The molecule has 86 valence electrons. The highest BCUT2D eigenvalue weighted by molar-refractivity contribution is 4.98. The van der Waals surface area contributed by atoms with Gasteiger partial charge in [-0.1, -0.05) is 20.8 Å². The molecule has 0 saturated heterocycles. The summed E-state index contributed by atoms with van der Waals surface area (Å²) in [7, 11) is 0. The zero-order valence-electron chi connectivity index (χ0n) is 10.3. The van der Waals surface area contributed by atoms with Gasteiger partial charge in [0.15, 0.2) is 0 Å². The Labute approximate surface area is 92.9 Å². The highest BCUT2D eigenvalue weighted by Crippen LogP contribution is 2.16. The lowest BCUT2D eigenvalue weighted by Gasteiger charge is -2.14. The van der Waals surface area contributed by atoms with Crippen LogP contribution in [0.5, 0.6) is 0 Å². The Morgan fingerprint density at radius 2 is 2.13 bits per heavy atom. The van der Waals surface area contributed by atoms with E-state index in [1.807, 2.05) is 6.20 Å². The summed E-state index contributed by atoms with van der Waals surface area (Å²) in [6, 6.07) is 0.572. The van der Waals surface area contributed by atoms with Crippen molar-refractivity contribution in [2.45, 2.75) is 52.6 Å². The molecular formula is C12H23N3. The molecule has 0 aromatic carbocycles. The number of rotatable bonds is 6. The van der Waals surface area contributed by atoms with E-state index in [9.17, 15) is 0 Å². The van der Waals surface area contributed by atoms with Crippen molar-refractivity contribution in [2.24, 2.45) is 0 Å². The molecular weight excluding hydrogens is 186 g/mol. The quantitative estimate of drug-likeness (QED) is 0.779. The normalized spacial score (nSPS) is 13.4. The van der Waals surface area contributed by atoms with Crippen LogP contribution in [-0.2, 0) is 6.54 Å². The van der Waals surface area contributed by atoms with Crippen LogP contribution in [0.2, 0.25) is 0 Å². The maximum Gasteiger partial charge on any atom is 0.111 e. The molecule has 0 aliphatic heterocycles. The van der Waals surface area contributed by atoms with E-state index in [1.165, 1.54) is 5.82 Å². The summed E-state index contributed by atoms with van der Waals surface area (Å²) in [5.41, 5.74) is 0. The molecule has 1 aromatic rings. The fourth-order valence-corrected chi connectivity index (χ4v) is 1.74. The van der Waals surface area contributed by atoms with Crippen LogP contribution in [0, 0.1) is 0 Å². The predicted octanol–water partition coefficient (Wildman–Crippen LogP) is 2.39. The van der Waals surface area contributed by atoms with Crippen molar-refractivity contribution in [3.8, 4) is 0 Å². The molecule has 0 radical (unpaired) electrons. The van der Waals surface area contributed by atoms with Gasteiger partial charge in [0.2, 0.25) is 0 Å². The Hall–Kier alpha value is -0.830. The molecule has 0 bridgehead atoms. The zero-order chi connectivity index (χ0) is 11.3. The first kappa shape index (κ1) is 12.2. The van der Waals surface area contributed by atoms with Gasteiger partial charge < -0.3 is 9.88 Å². The second-order valence-corrected chi connectivity index (χ2v) is 4.37. The van der Waals surface area contributed by atoms with Gasteiger partial charge in [0.25, 0.3) is 0 Å². The molecule has 3 heteroatoms. The standard InChI is InChI=1S/C12H23N3/c1-5-15-9-8-14-12(15)11(4)6-7-13-10(2)3/h8-11,13H,5-7H2,1-4H3. The van der Waals surface area contributed by atoms with E-state index >= 15 is 0 Å². The van der Waals surface area contributed by atoms with E-state index in [2.05, 4.69) is 48.8 Å². The predicted molar refractivity (Wildman–Crippen MR) is 64.1 cm³/mol. The van der Waals surface area contributed by atoms with Crippen molar-refractivity contribution in [1.82, 2.24) is 14.9 Å². The third-order valence-electron chi connectivity index (χ3n) is 2.66. The van der Waals surface area contributed by atoms with Gasteiger partial charge in [-0.15, -0.1) is 0 Å². The molecule has 1 N–H and O–H groups in total. The van der Waals surface area contributed by atoms with E-state index in [0.717, 1.165) is 19.5 Å². The van der Waals surface area contributed by atoms with E-state index in [4.69, 9.17) is 0 Å². The summed E-state index contributed by atoms with van der Waals surface area (Å²) in [5.74, 6) is 1.74. The second kappa shape index (κ2) is 5.91. The molecule has 1 atom stereocenters. The number of hydrogen-bond acceptors (Lipinski definition) is 2. The molecule has 1 aromatic heterocycles. The molecule has 1 rings (SSSR count). The molecule has 1 unspecified atom stereocenters.